The number of likely N-dealkylation sites (tertiary alicyclic amines) is 1. The van der Waals surface area contributed by atoms with Crippen molar-refractivity contribution in [2.75, 3.05) is 23.7 Å². The average molecular weight is 488 g/mol. The summed E-state index contributed by atoms with van der Waals surface area (Å²) >= 11 is 12.2. The molecule has 0 bridgehead atoms. The first-order chi connectivity index (χ1) is 15.7. The van der Waals surface area contributed by atoms with Crippen molar-refractivity contribution in [3.63, 3.8) is 0 Å². The average Bonchev–Trinajstić information content (AvgIpc) is 2.76. The lowest BCUT2D eigenvalue weighted by Crippen LogP contribution is -2.44. The Bertz CT molecular complexity index is 1160. The molecular weight excluding hydrogens is 461 g/mol. The van der Waals surface area contributed by atoms with Gasteiger partial charge >= 0.3 is 6.09 Å². The second-order valence-corrected chi connectivity index (χ2v) is 9.87. The lowest BCUT2D eigenvalue weighted by Gasteiger charge is -2.34. The van der Waals surface area contributed by atoms with Gasteiger partial charge in [0.15, 0.2) is 0 Å². The number of nitrogens with one attached hydrogen (secondary N) is 2. The lowest BCUT2D eigenvalue weighted by molar-refractivity contribution is 0.0210. The van der Waals surface area contributed by atoms with Crippen LogP contribution in [0.2, 0.25) is 10.0 Å². The van der Waals surface area contributed by atoms with Crippen molar-refractivity contribution < 1.29 is 9.53 Å². The number of amides is 1. The third-order valence-corrected chi connectivity index (χ3v) is 6.01. The Hall–Kier alpha value is -2.77. The summed E-state index contributed by atoms with van der Waals surface area (Å²) < 4.78 is 5.50. The Balaban J connectivity index is 1.49. The Labute approximate surface area is 203 Å². The number of rotatable bonds is 4. The van der Waals surface area contributed by atoms with Crippen LogP contribution in [0.15, 0.2) is 42.5 Å². The molecule has 0 radical (unpaired) electrons. The molecule has 4 rings (SSSR count). The second-order valence-electron chi connectivity index (χ2n) is 9.05. The number of piperidine rings is 1. The van der Waals surface area contributed by atoms with E-state index in [4.69, 9.17) is 32.9 Å². The first-order valence-electron chi connectivity index (χ1n) is 10.9. The van der Waals surface area contributed by atoms with Crippen molar-refractivity contribution in [2.45, 2.75) is 45.3 Å². The van der Waals surface area contributed by atoms with Gasteiger partial charge in [0.05, 0.1) is 15.6 Å². The fourth-order valence-electron chi connectivity index (χ4n) is 3.67. The van der Waals surface area contributed by atoms with Crippen LogP contribution in [0.3, 0.4) is 0 Å². The molecule has 3 aromatic rings. The van der Waals surface area contributed by atoms with Gasteiger partial charge in [-0.15, -0.1) is 0 Å². The summed E-state index contributed by atoms with van der Waals surface area (Å²) in [6, 6.07) is 13.3. The molecule has 33 heavy (non-hydrogen) atoms. The molecule has 0 spiro atoms. The number of hydrogen-bond donors (Lipinski definition) is 2. The van der Waals surface area contributed by atoms with Crippen LogP contribution in [0, 0.1) is 0 Å². The molecule has 174 valence electrons. The van der Waals surface area contributed by atoms with Gasteiger partial charge in [-0.05, 0) is 63.9 Å². The Morgan fingerprint density at radius 3 is 2.48 bits per heavy atom. The predicted octanol–water partition coefficient (Wildman–Crippen LogP) is 6.49. The van der Waals surface area contributed by atoms with Crippen LogP contribution in [0.4, 0.5) is 22.2 Å². The molecule has 1 fully saturated rings. The zero-order chi connectivity index (χ0) is 23.6. The standard InChI is InChI=1S/C24H27Cl2N5O2/c1-24(2,3)33-23(32)31-12-10-15(11-13-31)27-21-17-6-4-5-7-20(17)29-22(30-21)28-16-8-9-18(25)19(26)14-16/h4-9,14-15H,10-13H2,1-3H3,(H2,27,28,29,30). The van der Waals surface area contributed by atoms with E-state index in [0.717, 1.165) is 35.2 Å². The highest BCUT2D eigenvalue weighted by Gasteiger charge is 2.27. The number of anilines is 3. The number of aromatic nitrogens is 2. The van der Waals surface area contributed by atoms with Gasteiger partial charge in [0, 0.05) is 30.2 Å². The van der Waals surface area contributed by atoms with E-state index in [-0.39, 0.29) is 12.1 Å². The maximum Gasteiger partial charge on any atom is 0.410 e. The molecule has 2 heterocycles. The van der Waals surface area contributed by atoms with Crippen LogP contribution in [0.25, 0.3) is 10.9 Å². The van der Waals surface area contributed by atoms with Crippen molar-refractivity contribution in [3.05, 3.63) is 52.5 Å². The molecule has 1 aliphatic rings. The van der Waals surface area contributed by atoms with E-state index in [2.05, 4.69) is 15.6 Å². The first-order valence-corrected chi connectivity index (χ1v) is 11.7. The fourth-order valence-corrected chi connectivity index (χ4v) is 3.97. The summed E-state index contributed by atoms with van der Waals surface area (Å²) in [7, 11) is 0. The van der Waals surface area contributed by atoms with Crippen LogP contribution < -0.4 is 10.6 Å². The number of para-hydroxylation sites is 1. The molecule has 1 saturated heterocycles. The summed E-state index contributed by atoms with van der Waals surface area (Å²) in [6.45, 7) is 6.89. The quantitative estimate of drug-likeness (QED) is 0.437. The third-order valence-electron chi connectivity index (χ3n) is 5.27. The van der Waals surface area contributed by atoms with E-state index in [1.807, 2.05) is 51.1 Å². The summed E-state index contributed by atoms with van der Waals surface area (Å²) in [5.41, 5.74) is 1.07. The maximum absolute atomic E-state index is 12.4. The Morgan fingerprint density at radius 1 is 1.06 bits per heavy atom. The van der Waals surface area contributed by atoms with E-state index in [0.29, 0.717) is 29.1 Å². The highest BCUT2D eigenvalue weighted by molar-refractivity contribution is 6.42. The van der Waals surface area contributed by atoms with Crippen molar-refractivity contribution in [1.82, 2.24) is 14.9 Å². The Kier molecular flexibility index (Phi) is 6.81. The minimum absolute atomic E-state index is 0.180. The number of benzene rings is 2. The molecule has 2 aromatic carbocycles. The SMILES string of the molecule is CC(C)(C)OC(=O)N1CCC(Nc2nc(Nc3ccc(Cl)c(Cl)c3)nc3ccccc23)CC1. The normalized spacial score (nSPS) is 14.9. The molecule has 2 N–H and O–H groups in total. The molecule has 1 aliphatic heterocycles. The molecule has 1 amide bonds. The number of fused-ring (bicyclic) bond motifs is 1. The van der Waals surface area contributed by atoms with Crippen LogP contribution in [-0.4, -0.2) is 45.7 Å². The van der Waals surface area contributed by atoms with Crippen molar-refractivity contribution in [2.24, 2.45) is 0 Å². The summed E-state index contributed by atoms with van der Waals surface area (Å²) in [6.07, 6.45) is 1.34. The first kappa shape index (κ1) is 23.4. The van der Waals surface area contributed by atoms with Gasteiger partial charge in [-0.3, -0.25) is 0 Å². The molecule has 0 aliphatic carbocycles. The number of carbonyl (C=O) groups is 1. The smallest absolute Gasteiger partial charge is 0.410 e. The van der Waals surface area contributed by atoms with Gasteiger partial charge in [-0.25, -0.2) is 9.78 Å². The number of hydrogen-bond acceptors (Lipinski definition) is 6. The monoisotopic (exact) mass is 487 g/mol. The zero-order valence-electron chi connectivity index (χ0n) is 18.9. The van der Waals surface area contributed by atoms with E-state index in [1.165, 1.54) is 0 Å². The Morgan fingerprint density at radius 2 is 1.79 bits per heavy atom. The topological polar surface area (TPSA) is 79.4 Å². The number of ether oxygens (including phenoxy) is 1. The van der Waals surface area contributed by atoms with Gasteiger partial charge in [-0.1, -0.05) is 35.3 Å². The van der Waals surface area contributed by atoms with Crippen molar-refractivity contribution >= 4 is 57.7 Å². The lowest BCUT2D eigenvalue weighted by atomic mass is 10.1. The maximum atomic E-state index is 12.4. The molecular formula is C24H27Cl2N5O2. The van der Waals surface area contributed by atoms with E-state index >= 15 is 0 Å². The van der Waals surface area contributed by atoms with E-state index in [1.54, 1.807) is 17.0 Å². The van der Waals surface area contributed by atoms with Crippen LogP contribution in [0.5, 0.6) is 0 Å². The summed E-state index contributed by atoms with van der Waals surface area (Å²) in [5.74, 6) is 1.21. The summed E-state index contributed by atoms with van der Waals surface area (Å²) in [5, 5.41) is 8.65. The summed E-state index contributed by atoms with van der Waals surface area (Å²) in [4.78, 5) is 23.5. The van der Waals surface area contributed by atoms with Gasteiger partial charge in [0.1, 0.15) is 11.4 Å². The molecule has 0 saturated carbocycles. The van der Waals surface area contributed by atoms with E-state index < -0.39 is 5.60 Å². The third kappa shape index (κ3) is 5.97. The predicted molar refractivity (Wildman–Crippen MR) is 134 cm³/mol. The second kappa shape index (κ2) is 9.61. The number of carbonyl (C=O) groups excluding carboxylic acids is 1. The number of halogens is 2. The minimum atomic E-state index is -0.496. The molecule has 1 aromatic heterocycles. The highest BCUT2D eigenvalue weighted by atomic mass is 35.5. The molecule has 0 unspecified atom stereocenters. The molecule has 7 nitrogen and oxygen atoms in total. The highest BCUT2D eigenvalue weighted by Crippen LogP contribution is 2.29. The van der Waals surface area contributed by atoms with Crippen LogP contribution in [-0.2, 0) is 4.74 Å². The van der Waals surface area contributed by atoms with Gasteiger partial charge in [0.25, 0.3) is 0 Å². The molecule has 9 heteroatoms. The van der Waals surface area contributed by atoms with Gasteiger partial charge in [-0.2, -0.15) is 4.98 Å². The largest absolute Gasteiger partial charge is 0.444 e. The zero-order valence-corrected chi connectivity index (χ0v) is 20.4. The van der Waals surface area contributed by atoms with Crippen molar-refractivity contribution in [1.29, 1.82) is 0 Å². The van der Waals surface area contributed by atoms with Crippen molar-refractivity contribution in [3.8, 4) is 0 Å². The van der Waals surface area contributed by atoms with Gasteiger partial charge < -0.3 is 20.3 Å². The van der Waals surface area contributed by atoms with Crippen LogP contribution in [0.1, 0.15) is 33.6 Å². The van der Waals surface area contributed by atoms with Gasteiger partial charge in [0.2, 0.25) is 5.95 Å². The molecule has 0 atom stereocenters. The fraction of sp³-hybridized carbons (Fsp3) is 0.375. The van der Waals surface area contributed by atoms with Crippen LogP contribution >= 0.6 is 23.2 Å². The number of nitrogens with zero attached hydrogens (tertiary/aromatic N) is 3. The minimum Gasteiger partial charge on any atom is -0.444 e. The van der Waals surface area contributed by atoms with E-state index in [9.17, 15) is 4.79 Å².